The maximum absolute atomic E-state index is 12.8. The van der Waals surface area contributed by atoms with Gasteiger partial charge >= 0.3 is 7.12 Å². The first-order valence-electron chi connectivity index (χ1n) is 4.83. The number of fused-ring (bicyclic) bond motifs is 1. The van der Waals surface area contributed by atoms with Crippen LogP contribution >= 0.6 is 0 Å². The third-order valence-corrected chi connectivity index (χ3v) is 2.22. The zero-order valence-electron chi connectivity index (χ0n) is 8.13. The Morgan fingerprint density at radius 2 is 2.43 bits per heavy atom. The lowest BCUT2D eigenvalue weighted by molar-refractivity contribution is 0.211. The Morgan fingerprint density at radius 3 is 3.21 bits per heavy atom. The highest BCUT2D eigenvalue weighted by atomic mass is 19.1. The van der Waals surface area contributed by atoms with Crippen LogP contribution in [0.5, 0.6) is 0 Å². The highest BCUT2D eigenvalue weighted by Crippen LogP contribution is 2.12. The van der Waals surface area contributed by atoms with Gasteiger partial charge in [0.15, 0.2) is 0 Å². The quantitative estimate of drug-likeness (QED) is 0.678. The Balaban J connectivity index is 2.14. The second-order valence-electron chi connectivity index (χ2n) is 3.36. The SMILES string of the molecule is CCCOB1OCc2cc(F)ccc21. The van der Waals surface area contributed by atoms with E-state index in [1.165, 1.54) is 12.1 Å². The number of benzene rings is 1. The lowest BCUT2D eigenvalue weighted by Crippen LogP contribution is -2.32. The van der Waals surface area contributed by atoms with Gasteiger partial charge in [-0.25, -0.2) is 4.39 Å². The lowest BCUT2D eigenvalue weighted by Gasteiger charge is -2.06. The maximum atomic E-state index is 12.8. The molecule has 0 radical (unpaired) electrons. The van der Waals surface area contributed by atoms with Crippen molar-refractivity contribution in [1.82, 2.24) is 0 Å². The monoisotopic (exact) mass is 194 g/mol. The third-order valence-electron chi connectivity index (χ3n) is 2.22. The van der Waals surface area contributed by atoms with Crippen LogP contribution in [0.2, 0.25) is 0 Å². The Bertz CT molecular complexity index is 330. The number of hydrogen-bond donors (Lipinski definition) is 0. The van der Waals surface area contributed by atoms with Gasteiger partial charge in [-0.05, 0) is 29.6 Å². The molecule has 0 amide bonds. The molecule has 1 aliphatic heterocycles. The van der Waals surface area contributed by atoms with E-state index in [1.54, 1.807) is 6.07 Å². The van der Waals surface area contributed by atoms with Gasteiger partial charge in [0.05, 0.1) is 6.61 Å². The fourth-order valence-electron chi connectivity index (χ4n) is 1.55. The molecule has 0 aromatic heterocycles. The summed E-state index contributed by atoms with van der Waals surface area (Å²) in [6.45, 7) is 3.16. The van der Waals surface area contributed by atoms with Crippen molar-refractivity contribution in [3.8, 4) is 0 Å². The molecule has 0 spiro atoms. The van der Waals surface area contributed by atoms with Crippen LogP contribution in [0.3, 0.4) is 0 Å². The summed E-state index contributed by atoms with van der Waals surface area (Å²) < 4.78 is 23.7. The molecule has 1 aliphatic rings. The van der Waals surface area contributed by atoms with Crippen LogP contribution in [0, 0.1) is 5.82 Å². The molecule has 0 atom stereocenters. The topological polar surface area (TPSA) is 18.5 Å². The molecule has 0 N–H and O–H groups in total. The van der Waals surface area contributed by atoms with Gasteiger partial charge in [0.1, 0.15) is 5.82 Å². The van der Waals surface area contributed by atoms with Crippen LogP contribution in [-0.2, 0) is 15.9 Å². The molecule has 0 unspecified atom stereocenters. The van der Waals surface area contributed by atoms with Gasteiger partial charge in [0.2, 0.25) is 0 Å². The first-order valence-corrected chi connectivity index (χ1v) is 4.83. The van der Waals surface area contributed by atoms with Crippen LogP contribution in [0.25, 0.3) is 0 Å². The molecule has 2 nitrogen and oxygen atoms in total. The van der Waals surface area contributed by atoms with Crippen molar-refractivity contribution < 1.29 is 13.7 Å². The minimum Gasteiger partial charge on any atom is -0.407 e. The van der Waals surface area contributed by atoms with Crippen molar-refractivity contribution in [2.75, 3.05) is 6.61 Å². The largest absolute Gasteiger partial charge is 0.494 e. The average Bonchev–Trinajstić information content (AvgIpc) is 2.57. The molecule has 4 heteroatoms. The highest BCUT2D eigenvalue weighted by Gasteiger charge is 2.30. The fraction of sp³-hybridized carbons (Fsp3) is 0.400. The predicted octanol–water partition coefficient (Wildman–Crippen LogP) is 1.48. The van der Waals surface area contributed by atoms with E-state index in [1.807, 2.05) is 6.92 Å². The minimum atomic E-state index is -0.300. The van der Waals surface area contributed by atoms with Crippen molar-refractivity contribution >= 4 is 12.6 Å². The molecule has 1 heterocycles. The summed E-state index contributed by atoms with van der Waals surface area (Å²) >= 11 is 0. The summed E-state index contributed by atoms with van der Waals surface area (Å²) in [6.07, 6.45) is 0.955. The van der Waals surface area contributed by atoms with E-state index < -0.39 is 0 Å². The molecule has 1 aromatic rings. The molecular formula is C10H12BFO2. The molecule has 0 aliphatic carbocycles. The van der Waals surface area contributed by atoms with E-state index in [0.29, 0.717) is 13.2 Å². The molecule has 14 heavy (non-hydrogen) atoms. The highest BCUT2D eigenvalue weighted by molar-refractivity contribution is 6.62. The smallest absolute Gasteiger partial charge is 0.407 e. The summed E-state index contributed by atoms with van der Waals surface area (Å²) in [5.41, 5.74) is 1.85. The van der Waals surface area contributed by atoms with Gasteiger partial charge in [0.25, 0.3) is 0 Å². The van der Waals surface area contributed by atoms with Gasteiger partial charge in [-0.1, -0.05) is 13.0 Å². The number of hydrogen-bond acceptors (Lipinski definition) is 2. The van der Waals surface area contributed by atoms with Crippen LogP contribution < -0.4 is 5.46 Å². The summed E-state index contributed by atoms with van der Waals surface area (Å²) in [5.74, 6) is -0.219. The third kappa shape index (κ3) is 1.81. The van der Waals surface area contributed by atoms with Gasteiger partial charge in [-0.15, -0.1) is 0 Å². The van der Waals surface area contributed by atoms with E-state index in [2.05, 4.69) is 0 Å². The van der Waals surface area contributed by atoms with Crippen molar-refractivity contribution in [1.29, 1.82) is 0 Å². The fourth-order valence-corrected chi connectivity index (χ4v) is 1.55. The lowest BCUT2D eigenvalue weighted by atomic mass is 9.79. The predicted molar refractivity (Wildman–Crippen MR) is 52.8 cm³/mol. The van der Waals surface area contributed by atoms with E-state index in [0.717, 1.165) is 17.4 Å². The Hall–Kier alpha value is -0.865. The van der Waals surface area contributed by atoms with Gasteiger partial charge in [-0.3, -0.25) is 0 Å². The summed E-state index contributed by atoms with van der Waals surface area (Å²) in [6, 6.07) is 4.68. The standard InChI is InChI=1S/C10H12BFO2/c1-2-5-13-11-10-4-3-9(12)6-8(10)7-14-11/h3-4,6H,2,5,7H2,1H3. The van der Waals surface area contributed by atoms with Crippen molar-refractivity contribution in [2.24, 2.45) is 0 Å². The summed E-state index contributed by atoms with van der Waals surface area (Å²) in [7, 11) is -0.300. The number of rotatable bonds is 3. The molecular weight excluding hydrogens is 182 g/mol. The molecule has 1 aromatic carbocycles. The molecule has 0 saturated heterocycles. The molecule has 0 saturated carbocycles. The maximum Gasteiger partial charge on any atom is 0.494 e. The van der Waals surface area contributed by atoms with E-state index in [9.17, 15) is 4.39 Å². The number of halogens is 1. The Kier molecular flexibility index (Phi) is 2.84. The molecule has 0 bridgehead atoms. The van der Waals surface area contributed by atoms with Gasteiger partial charge < -0.3 is 9.31 Å². The van der Waals surface area contributed by atoms with Gasteiger partial charge in [-0.2, -0.15) is 0 Å². The van der Waals surface area contributed by atoms with Crippen LogP contribution in [0.1, 0.15) is 18.9 Å². The van der Waals surface area contributed by atoms with Crippen LogP contribution in [0.15, 0.2) is 18.2 Å². The van der Waals surface area contributed by atoms with Crippen LogP contribution in [0.4, 0.5) is 4.39 Å². The normalized spacial score (nSPS) is 14.6. The molecule has 74 valence electrons. The van der Waals surface area contributed by atoms with Gasteiger partial charge in [0, 0.05) is 6.61 Å². The van der Waals surface area contributed by atoms with Crippen molar-refractivity contribution in [3.63, 3.8) is 0 Å². The minimum absolute atomic E-state index is 0.219. The first-order chi connectivity index (χ1) is 6.81. The van der Waals surface area contributed by atoms with Crippen LogP contribution in [-0.4, -0.2) is 13.7 Å². The van der Waals surface area contributed by atoms with Crippen molar-refractivity contribution in [2.45, 2.75) is 20.0 Å². The Morgan fingerprint density at radius 1 is 1.57 bits per heavy atom. The average molecular weight is 194 g/mol. The second-order valence-corrected chi connectivity index (χ2v) is 3.36. The van der Waals surface area contributed by atoms with Crippen molar-refractivity contribution in [3.05, 3.63) is 29.6 Å². The second kappa shape index (κ2) is 4.11. The van der Waals surface area contributed by atoms with E-state index in [-0.39, 0.29) is 12.9 Å². The van der Waals surface area contributed by atoms with E-state index >= 15 is 0 Å². The first kappa shape index (κ1) is 9.68. The summed E-state index contributed by atoms with van der Waals surface area (Å²) in [4.78, 5) is 0. The summed E-state index contributed by atoms with van der Waals surface area (Å²) in [5, 5.41) is 0. The molecule has 0 fully saturated rings. The molecule has 2 rings (SSSR count). The Labute approximate surface area is 83.2 Å². The van der Waals surface area contributed by atoms with E-state index in [4.69, 9.17) is 9.31 Å². The zero-order chi connectivity index (χ0) is 9.97. The zero-order valence-corrected chi connectivity index (χ0v) is 8.13.